The summed E-state index contributed by atoms with van der Waals surface area (Å²) in [5.41, 5.74) is 18.8. The zero-order chi connectivity index (χ0) is 79.0. The van der Waals surface area contributed by atoms with Crippen molar-refractivity contribution in [2.75, 3.05) is 9.80 Å². The Morgan fingerprint density at radius 1 is 0.214 bits per heavy atom. The van der Waals surface area contributed by atoms with Gasteiger partial charge in [-0.15, -0.1) is 0 Å². The number of aromatic nitrogens is 1. The molecule has 0 bridgehead atoms. The van der Waals surface area contributed by atoms with Gasteiger partial charge in [-0.1, -0.05) is 418 Å². The van der Waals surface area contributed by atoms with Crippen molar-refractivity contribution in [3.63, 3.8) is 0 Å². The number of hydrogen-bond donors (Lipinski definition) is 0. The van der Waals surface area contributed by atoms with Crippen LogP contribution in [0.5, 0.6) is 0 Å². The molecule has 18 aromatic rings. The summed E-state index contributed by atoms with van der Waals surface area (Å²) in [5.74, 6) is 0. The van der Waals surface area contributed by atoms with E-state index in [9.17, 15) is 0 Å². The summed E-state index contributed by atoms with van der Waals surface area (Å²) in [6.45, 7) is 13.7. The summed E-state index contributed by atoms with van der Waals surface area (Å²) in [6, 6.07) is 169. The number of benzene rings is 17. The minimum absolute atomic E-state index is 0.0613. The van der Waals surface area contributed by atoms with Crippen molar-refractivity contribution in [3.05, 3.63) is 448 Å². The van der Waals surface area contributed by atoms with Gasteiger partial charge in [-0.05, 0) is 172 Å². The number of nitrogens with zero attached hydrogens (tertiary/aromatic N) is 3. The first kappa shape index (κ1) is 72.8. The van der Waals surface area contributed by atoms with E-state index >= 15 is 0 Å². The molecule has 0 saturated heterocycles. The van der Waals surface area contributed by atoms with Gasteiger partial charge in [0.05, 0.1) is 16.7 Å². The molecule has 0 atom stereocenters. The first-order valence-electron chi connectivity index (χ1n) is 41.2. The number of rotatable bonds is 16. The van der Waals surface area contributed by atoms with E-state index in [4.69, 9.17) is 0 Å². The van der Waals surface area contributed by atoms with E-state index in [1.807, 2.05) is 0 Å². The summed E-state index contributed by atoms with van der Waals surface area (Å²) in [5, 5.41) is 18.3. The average molecular weight is 1550 g/mol. The molecule has 20 rings (SSSR count). The number of para-hydroxylation sites is 2. The molecule has 3 heterocycles. The monoisotopic (exact) mass is 1550 g/mol. The van der Waals surface area contributed by atoms with Crippen molar-refractivity contribution in [1.29, 1.82) is 0 Å². The highest BCUT2D eigenvalue weighted by atomic mass is 28.3. The van der Waals surface area contributed by atoms with Crippen LogP contribution in [0.25, 0.3) is 38.6 Å². The Kier molecular flexibility index (Phi) is 18.2. The largest absolute Gasteiger partial charge is 0.311 e. The van der Waals surface area contributed by atoms with Crippen LogP contribution in [0.2, 0.25) is 0 Å². The van der Waals surface area contributed by atoms with Crippen LogP contribution in [0.15, 0.2) is 437 Å². The van der Waals surface area contributed by atoms with E-state index in [1.54, 1.807) is 0 Å². The fourth-order valence-corrected chi connectivity index (χ4v) is 34.2. The van der Waals surface area contributed by atoms with Crippen molar-refractivity contribution in [1.82, 2.24) is 4.57 Å². The van der Waals surface area contributed by atoms with Gasteiger partial charge in [0.1, 0.15) is 0 Å². The predicted octanol–water partition coefficient (Wildman–Crippen LogP) is 17.3. The molecule has 0 radical (unpaired) electrons. The molecule has 1 aromatic heterocycles. The average Bonchev–Trinajstić information content (AvgIpc) is 1.15. The summed E-state index contributed by atoms with van der Waals surface area (Å²) in [4.78, 5) is 5.39. The van der Waals surface area contributed by atoms with E-state index < -0.39 is 24.2 Å². The molecule has 0 aliphatic carbocycles. The topological polar surface area (TPSA) is 11.4 Å². The van der Waals surface area contributed by atoms with Crippen molar-refractivity contribution in [3.8, 4) is 16.8 Å². The molecule has 117 heavy (non-hydrogen) atoms. The second kappa shape index (κ2) is 29.3. The van der Waals surface area contributed by atoms with Crippen molar-refractivity contribution in [2.24, 2.45) is 0 Å². The highest BCUT2D eigenvalue weighted by Crippen LogP contribution is 2.47. The van der Waals surface area contributed by atoms with Crippen LogP contribution >= 0.6 is 0 Å². The molecule has 2 aliphatic heterocycles. The van der Waals surface area contributed by atoms with Crippen LogP contribution in [-0.2, 0) is 10.8 Å². The Hall–Kier alpha value is -13.1. The predicted molar refractivity (Wildman–Crippen MR) is 508 cm³/mol. The molecule has 560 valence electrons. The number of fused-ring (bicyclic) bond motifs is 7. The molecule has 0 spiro atoms. The van der Waals surface area contributed by atoms with Crippen molar-refractivity contribution >= 4 is 165 Å². The standard InChI is InChI=1S/C110H90BN3Si3/c1-109(2,3)81-71-80(72-82(73-81)110(4,5)6)79-63-65-83(66-64-79)112-104-70-68-96(116(89-46-22-10-23-47-89,90-48-24-11-25-49-90)91-50-26-12-27-51-91)77-101(104)111-100-69-67-97(117(92-52-28-13-29-53-92,93-54-30-14-31-55-93)94-56-32-15-33-57-94)78-105(100)113(107-76-85(75-106(112)108(107)111)114-102-61-36-34-59-98(102)99-60-35-37-62-103(99)114)84-39-38-58-95(74-84)115(86-40-16-7-17-41-86,87-42-18-8-19-43-87)88-44-20-9-21-45-88/h7-78H,1-6H3. The Morgan fingerprint density at radius 2 is 0.547 bits per heavy atom. The first-order chi connectivity index (χ1) is 57.3. The second-order valence-electron chi connectivity index (χ2n) is 33.9. The maximum absolute atomic E-state index is 3.25. The summed E-state index contributed by atoms with van der Waals surface area (Å²) >= 11 is 0. The maximum Gasteiger partial charge on any atom is 0.252 e. The van der Waals surface area contributed by atoms with Crippen LogP contribution in [0.3, 0.4) is 0 Å². The van der Waals surface area contributed by atoms with E-state index in [0.29, 0.717) is 0 Å². The minimum atomic E-state index is -3.25. The summed E-state index contributed by atoms with van der Waals surface area (Å²) in [7, 11) is -9.64. The zero-order valence-electron chi connectivity index (χ0n) is 67.0. The quantitative estimate of drug-likeness (QED) is 0.0706. The van der Waals surface area contributed by atoms with Crippen molar-refractivity contribution < 1.29 is 0 Å². The summed E-state index contributed by atoms with van der Waals surface area (Å²) < 4.78 is 2.56. The molecular weight excluding hydrogens is 1460 g/mol. The van der Waals surface area contributed by atoms with Crippen LogP contribution in [-0.4, -0.2) is 35.5 Å². The van der Waals surface area contributed by atoms with Gasteiger partial charge in [-0.3, -0.25) is 0 Å². The van der Waals surface area contributed by atoms with Gasteiger partial charge < -0.3 is 14.4 Å². The van der Waals surface area contributed by atoms with Gasteiger partial charge in [-0.2, -0.15) is 0 Å². The highest BCUT2D eigenvalue weighted by Gasteiger charge is 2.50. The summed E-state index contributed by atoms with van der Waals surface area (Å²) in [6.07, 6.45) is 0. The molecule has 0 saturated carbocycles. The van der Waals surface area contributed by atoms with Crippen LogP contribution < -0.4 is 88.4 Å². The third-order valence-corrected chi connectivity index (χ3v) is 39.6. The SMILES string of the molecule is CC(C)(C)c1cc(-c2ccc(N3c4ccc([Si](c5ccccc5)(c5ccccc5)c5ccccc5)cc4B4c5ccc([Si](c6ccccc6)(c6ccccc6)c6ccccc6)cc5N(c5cccc([Si](c6ccccc6)(c6ccccc6)c6ccccc6)c5)c5cc(-n6c7ccccc7c7ccccc76)cc3c54)cc2)cc(C(C)(C)C)c1. The van der Waals surface area contributed by atoms with E-state index in [2.05, 4.69) is 493 Å². The van der Waals surface area contributed by atoms with Crippen LogP contribution in [0.4, 0.5) is 34.1 Å². The lowest BCUT2D eigenvalue weighted by molar-refractivity contribution is 0.569. The Labute approximate surface area is 691 Å². The lowest BCUT2D eigenvalue weighted by Crippen LogP contribution is -2.75. The highest BCUT2D eigenvalue weighted by molar-refractivity contribution is 7.21. The van der Waals surface area contributed by atoms with Gasteiger partial charge in [0, 0.05) is 44.9 Å². The molecule has 3 nitrogen and oxygen atoms in total. The fourth-order valence-electron chi connectivity index (χ4n) is 19.9. The molecule has 0 fully saturated rings. The Morgan fingerprint density at radius 3 is 0.932 bits per heavy atom. The van der Waals surface area contributed by atoms with E-state index in [0.717, 1.165) is 50.8 Å². The first-order valence-corrected chi connectivity index (χ1v) is 47.2. The zero-order valence-corrected chi connectivity index (χ0v) is 70.0. The Balaban J connectivity index is 0.952. The number of hydrogen-bond acceptors (Lipinski definition) is 2. The van der Waals surface area contributed by atoms with Gasteiger partial charge in [0.15, 0.2) is 24.2 Å². The van der Waals surface area contributed by atoms with E-state index in [-0.39, 0.29) is 17.5 Å². The molecule has 0 N–H and O–H groups in total. The van der Waals surface area contributed by atoms with Gasteiger partial charge >= 0.3 is 0 Å². The lowest BCUT2D eigenvalue weighted by Gasteiger charge is -2.46. The molecule has 7 heteroatoms. The maximum atomic E-state index is 2.73. The lowest BCUT2D eigenvalue weighted by atomic mass is 9.33. The Bertz CT molecular complexity index is 6320. The smallest absolute Gasteiger partial charge is 0.252 e. The third kappa shape index (κ3) is 12.0. The molecule has 0 unspecified atom stereocenters. The molecule has 0 amide bonds. The van der Waals surface area contributed by atoms with Gasteiger partial charge in [0.2, 0.25) is 0 Å². The number of anilines is 6. The van der Waals surface area contributed by atoms with Crippen LogP contribution in [0.1, 0.15) is 52.7 Å². The molecular formula is C110H90BN3Si3. The fraction of sp³-hybridized carbons (Fsp3) is 0.0727. The minimum Gasteiger partial charge on any atom is -0.311 e. The van der Waals surface area contributed by atoms with Crippen molar-refractivity contribution in [2.45, 2.75) is 52.4 Å². The third-order valence-electron chi connectivity index (χ3n) is 25.3. The van der Waals surface area contributed by atoms with Gasteiger partial charge in [0.25, 0.3) is 6.71 Å². The van der Waals surface area contributed by atoms with Gasteiger partial charge in [-0.25, -0.2) is 0 Å². The normalized spacial score (nSPS) is 12.8. The van der Waals surface area contributed by atoms with E-state index in [1.165, 1.54) is 112 Å². The van der Waals surface area contributed by atoms with Crippen LogP contribution in [0, 0.1) is 0 Å². The molecule has 17 aromatic carbocycles. The second-order valence-corrected chi connectivity index (χ2v) is 45.3. The molecule has 2 aliphatic rings.